The van der Waals surface area contributed by atoms with Gasteiger partial charge in [-0.1, -0.05) is 26.3 Å². The minimum Gasteiger partial charge on any atom is -0.478 e. The number of hydrogen-bond acceptors (Lipinski definition) is 2. The van der Waals surface area contributed by atoms with E-state index in [-0.39, 0.29) is 11.6 Å². The lowest BCUT2D eigenvalue weighted by atomic mass is 10.1. The second-order valence-corrected chi connectivity index (χ2v) is 4.78. The summed E-state index contributed by atoms with van der Waals surface area (Å²) in [6.45, 7) is 4.00. The number of carbonyl (C=O) groups excluding carboxylic acids is 1. The Morgan fingerprint density at radius 1 is 1.38 bits per heavy atom. The number of benzene rings is 1. The van der Waals surface area contributed by atoms with Gasteiger partial charge in [-0.2, -0.15) is 0 Å². The molecule has 1 rings (SSSR count). The zero-order chi connectivity index (χ0) is 15.8. The van der Waals surface area contributed by atoms with Crippen molar-refractivity contribution in [3.05, 3.63) is 41.2 Å². The van der Waals surface area contributed by atoms with E-state index in [2.05, 4.69) is 5.32 Å². The molecule has 21 heavy (non-hydrogen) atoms. The van der Waals surface area contributed by atoms with Gasteiger partial charge in [0, 0.05) is 12.1 Å². The highest BCUT2D eigenvalue weighted by Gasteiger charge is 2.15. The summed E-state index contributed by atoms with van der Waals surface area (Å²) in [5, 5.41) is 11.3. The Morgan fingerprint density at radius 2 is 2.10 bits per heavy atom. The van der Waals surface area contributed by atoms with E-state index in [9.17, 15) is 14.0 Å². The summed E-state index contributed by atoms with van der Waals surface area (Å²) in [7, 11) is 0. The van der Waals surface area contributed by atoms with Gasteiger partial charge in [0.1, 0.15) is 5.82 Å². The highest BCUT2D eigenvalue weighted by Crippen LogP contribution is 2.13. The third kappa shape index (κ3) is 5.38. The van der Waals surface area contributed by atoms with Crippen LogP contribution >= 0.6 is 0 Å². The maximum atomic E-state index is 13.9. The second-order valence-electron chi connectivity index (χ2n) is 4.78. The minimum absolute atomic E-state index is 0.0305. The molecule has 0 spiro atoms. The predicted octanol–water partition coefficient (Wildman–Crippen LogP) is 3.23. The van der Waals surface area contributed by atoms with Crippen molar-refractivity contribution in [2.24, 2.45) is 0 Å². The van der Waals surface area contributed by atoms with Crippen LogP contribution < -0.4 is 5.32 Å². The first kappa shape index (κ1) is 16.9. The van der Waals surface area contributed by atoms with E-state index >= 15 is 0 Å². The molecule has 0 heterocycles. The van der Waals surface area contributed by atoms with E-state index in [1.165, 1.54) is 18.2 Å². The fraction of sp³-hybridized carbons (Fsp3) is 0.375. The Hall–Kier alpha value is -2.17. The van der Waals surface area contributed by atoms with Crippen LogP contribution in [0.2, 0.25) is 0 Å². The maximum Gasteiger partial charge on any atom is 0.328 e. The normalized spacial score (nSPS) is 12.3. The quantitative estimate of drug-likeness (QED) is 0.758. The van der Waals surface area contributed by atoms with Gasteiger partial charge in [0.15, 0.2) is 0 Å². The molecule has 0 aliphatic rings. The highest BCUT2D eigenvalue weighted by molar-refractivity contribution is 5.95. The first-order chi connectivity index (χ1) is 9.97. The largest absolute Gasteiger partial charge is 0.478 e. The number of carboxylic acid groups (broad SMARTS) is 1. The van der Waals surface area contributed by atoms with Crippen LogP contribution in [0.1, 0.15) is 49.0 Å². The summed E-state index contributed by atoms with van der Waals surface area (Å²) in [5.41, 5.74) is 0.365. The van der Waals surface area contributed by atoms with Crippen LogP contribution in [0, 0.1) is 5.82 Å². The van der Waals surface area contributed by atoms with Crippen LogP contribution in [-0.4, -0.2) is 23.0 Å². The first-order valence-corrected chi connectivity index (χ1v) is 6.99. The first-order valence-electron chi connectivity index (χ1n) is 6.99. The fourth-order valence-electron chi connectivity index (χ4n) is 1.98. The molecule has 114 valence electrons. The second kappa shape index (κ2) is 8.19. The molecule has 1 atom stereocenters. The molecule has 0 saturated carbocycles. The minimum atomic E-state index is -1.11. The van der Waals surface area contributed by atoms with Gasteiger partial charge in [0.05, 0.1) is 5.56 Å². The molecule has 0 aliphatic heterocycles. The van der Waals surface area contributed by atoms with Gasteiger partial charge in [-0.25, -0.2) is 9.18 Å². The molecule has 1 aromatic carbocycles. The third-order valence-electron chi connectivity index (χ3n) is 3.12. The Morgan fingerprint density at radius 3 is 2.62 bits per heavy atom. The van der Waals surface area contributed by atoms with Crippen LogP contribution in [-0.2, 0) is 4.79 Å². The number of hydrogen-bond donors (Lipinski definition) is 2. The van der Waals surface area contributed by atoms with E-state index < -0.39 is 17.7 Å². The Balaban J connectivity index is 2.84. The molecule has 1 unspecified atom stereocenters. The molecule has 2 N–H and O–H groups in total. The van der Waals surface area contributed by atoms with Crippen molar-refractivity contribution < 1.29 is 19.1 Å². The molecule has 0 bridgehead atoms. The van der Waals surface area contributed by atoms with E-state index in [0.29, 0.717) is 5.56 Å². The number of nitrogens with one attached hydrogen (secondary N) is 1. The summed E-state index contributed by atoms with van der Waals surface area (Å²) < 4.78 is 13.9. The van der Waals surface area contributed by atoms with Gasteiger partial charge >= 0.3 is 5.97 Å². The van der Waals surface area contributed by atoms with Gasteiger partial charge in [0.2, 0.25) is 0 Å². The Kier molecular flexibility index (Phi) is 6.59. The molecule has 0 fully saturated rings. The Labute approximate surface area is 123 Å². The SMILES string of the molecule is CCCC(CC)NC(=O)c1ccc(C=CC(=O)O)cc1F. The number of rotatable bonds is 7. The van der Waals surface area contributed by atoms with Crippen LogP contribution in [0.3, 0.4) is 0 Å². The smallest absolute Gasteiger partial charge is 0.328 e. The molecular formula is C16H20FNO3. The molecule has 0 saturated heterocycles. The van der Waals surface area contributed by atoms with Crippen molar-refractivity contribution in [2.75, 3.05) is 0 Å². The zero-order valence-electron chi connectivity index (χ0n) is 12.2. The zero-order valence-corrected chi connectivity index (χ0v) is 12.2. The van der Waals surface area contributed by atoms with Crippen molar-refractivity contribution in [2.45, 2.75) is 39.2 Å². The molecule has 1 amide bonds. The van der Waals surface area contributed by atoms with Crippen LogP contribution in [0.25, 0.3) is 6.08 Å². The summed E-state index contributed by atoms with van der Waals surface area (Å²) in [6, 6.07) is 4.06. The van der Waals surface area contributed by atoms with Gasteiger partial charge in [-0.3, -0.25) is 4.79 Å². The number of amides is 1. The summed E-state index contributed by atoms with van der Waals surface area (Å²) in [4.78, 5) is 22.4. The molecule has 4 nitrogen and oxygen atoms in total. The van der Waals surface area contributed by atoms with Gasteiger partial charge in [0.25, 0.3) is 5.91 Å². The standard InChI is InChI=1S/C16H20FNO3/c1-3-5-12(4-2)18-16(21)13-8-6-11(10-14(13)17)7-9-15(19)20/h6-10,12H,3-5H2,1-2H3,(H,18,21)(H,19,20). The molecule has 0 aliphatic carbocycles. The van der Waals surface area contributed by atoms with E-state index in [1.54, 1.807) is 0 Å². The predicted molar refractivity (Wildman–Crippen MR) is 79.5 cm³/mol. The maximum absolute atomic E-state index is 13.9. The molecule has 1 aromatic rings. The molecule has 0 radical (unpaired) electrons. The van der Waals surface area contributed by atoms with Crippen molar-refractivity contribution in [3.8, 4) is 0 Å². The lowest BCUT2D eigenvalue weighted by Crippen LogP contribution is -2.34. The van der Waals surface area contributed by atoms with Gasteiger partial charge in [-0.15, -0.1) is 0 Å². The molecule has 0 aromatic heterocycles. The highest BCUT2D eigenvalue weighted by atomic mass is 19.1. The van der Waals surface area contributed by atoms with Gasteiger partial charge in [-0.05, 0) is 36.6 Å². The van der Waals surface area contributed by atoms with Crippen molar-refractivity contribution in [1.82, 2.24) is 5.32 Å². The third-order valence-corrected chi connectivity index (χ3v) is 3.12. The summed E-state index contributed by atoms with van der Waals surface area (Å²) in [5.74, 6) is -2.21. The van der Waals surface area contributed by atoms with E-state index in [1.807, 2.05) is 13.8 Å². The van der Waals surface area contributed by atoms with Crippen LogP contribution in [0.4, 0.5) is 4.39 Å². The van der Waals surface area contributed by atoms with Crippen LogP contribution in [0.5, 0.6) is 0 Å². The monoisotopic (exact) mass is 293 g/mol. The summed E-state index contributed by atoms with van der Waals surface area (Å²) in [6.07, 6.45) is 4.78. The number of aliphatic carboxylic acids is 1. The number of halogens is 1. The number of carboxylic acids is 1. The lowest BCUT2D eigenvalue weighted by Gasteiger charge is -2.16. The van der Waals surface area contributed by atoms with Crippen LogP contribution in [0.15, 0.2) is 24.3 Å². The average molecular weight is 293 g/mol. The van der Waals surface area contributed by atoms with Crippen molar-refractivity contribution in [3.63, 3.8) is 0 Å². The Bertz CT molecular complexity index is 540. The average Bonchev–Trinajstić information content (AvgIpc) is 2.44. The van der Waals surface area contributed by atoms with Crippen molar-refractivity contribution >= 4 is 18.0 Å². The summed E-state index contributed by atoms with van der Waals surface area (Å²) >= 11 is 0. The fourth-order valence-corrected chi connectivity index (χ4v) is 1.98. The van der Waals surface area contributed by atoms with Crippen molar-refractivity contribution in [1.29, 1.82) is 0 Å². The van der Waals surface area contributed by atoms with Gasteiger partial charge < -0.3 is 10.4 Å². The number of carbonyl (C=O) groups is 2. The lowest BCUT2D eigenvalue weighted by molar-refractivity contribution is -0.131. The van der Waals surface area contributed by atoms with E-state index in [4.69, 9.17) is 5.11 Å². The molecule has 5 heteroatoms. The molecular weight excluding hydrogens is 273 g/mol. The topological polar surface area (TPSA) is 66.4 Å². The van der Waals surface area contributed by atoms with E-state index in [0.717, 1.165) is 31.4 Å².